The minimum absolute atomic E-state index is 0.0296. The fourth-order valence-electron chi connectivity index (χ4n) is 5.04. The molecular formula is C25H24N6O5. The van der Waals surface area contributed by atoms with Crippen LogP contribution in [0.3, 0.4) is 0 Å². The summed E-state index contributed by atoms with van der Waals surface area (Å²) < 4.78 is 7.43. The minimum atomic E-state index is -0.886. The molecule has 0 radical (unpaired) electrons. The third kappa shape index (κ3) is 3.56. The lowest BCUT2D eigenvalue weighted by Gasteiger charge is -2.17. The lowest BCUT2D eigenvalue weighted by atomic mass is 10.0. The number of nitrogens with two attached hydrogens (primary N) is 1. The smallest absolute Gasteiger partial charge is 0.280 e. The number of hydrogen-bond donors (Lipinski definition) is 5. The number of nitrogens with one attached hydrogen (secondary N) is 2. The van der Waals surface area contributed by atoms with Crippen molar-refractivity contribution in [2.24, 2.45) is 0 Å². The zero-order chi connectivity index (χ0) is 25.1. The van der Waals surface area contributed by atoms with Gasteiger partial charge in [0.1, 0.15) is 12.3 Å². The Kier molecular flexibility index (Phi) is 5.14. The van der Waals surface area contributed by atoms with Crippen LogP contribution in [-0.4, -0.2) is 54.3 Å². The molecule has 36 heavy (non-hydrogen) atoms. The number of aliphatic hydroxyl groups is 2. The van der Waals surface area contributed by atoms with E-state index in [4.69, 9.17) is 10.5 Å². The summed E-state index contributed by atoms with van der Waals surface area (Å²) in [7, 11) is 0. The maximum absolute atomic E-state index is 12.5. The second-order valence-corrected chi connectivity index (χ2v) is 9.15. The predicted octanol–water partition coefficient (Wildman–Crippen LogP) is 1.86. The summed E-state index contributed by atoms with van der Waals surface area (Å²) in [6.07, 6.45) is -1.51. The van der Waals surface area contributed by atoms with Crippen LogP contribution in [0, 0.1) is 0 Å². The number of ketones is 1. The van der Waals surface area contributed by atoms with E-state index in [1.807, 2.05) is 36.4 Å². The summed E-state index contributed by atoms with van der Waals surface area (Å²) in [6.45, 7) is 1.21. The molecule has 0 spiro atoms. The SMILES string of the molecule is CC(=O)c1ccc2c(c1)Cc1cc(Nc3nc4c(=O)[nH]c(N)nc4n3[C@H]3C[C@H](O)[C@@H](CO)O3)ccc1-2. The van der Waals surface area contributed by atoms with Gasteiger partial charge in [-0.1, -0.05) is 18.2 Å². The Bertz CT molecular complexity index is 1590. The lowest BCUT2D eigenvalue weighted by Crippen LogP contribution is -2.24. The number of hydrogen-bond acceptors (Lipinski definition) is 9. The van der Waals surface area contributed by atoms with Crippen molar-refractivity contribution in [1.29, 1.82) is 0 Å². The molecule has 0 bridgehead atoms. The van der Waals surface area contributed by atoms with Crippen molar-refractivity contribution in [3.8, 4) is 11.1 Å². The topological polar surface area (TPSA) is 168 Å². The highest BCUT2D eigenvalue weighted by Crippen LogP contribution is 2.39. The summed E-state index contributed by atoms with van der Waals surface area (Å²) >= 11 is 0. The molecule has 2 aromatic carbocycles. The highest BCUT2D eigenvalue weighted by Gasteiger charge is 2.37. The van der Waals surface area contributed by atoms with Crippen LogP contribution < -0.4 is 16.6 Å². The Balaban J connectivity index is 1.39. The second-order valence-electron chi connectivity index (χ2n) is 9.15. The molecular weight excluding hydrogens is 464 g/mol. The number of aromatic nitrogens is 4. The zero-order valence-electron chi connectivity index (χ0n) is 19.4. The van der Waals surface area contributed by atoms with Gasteiger partial charge in [0.2, 0.25) is 11.9 Å². The third-order valence-electron chi connectivity index (χ3n) is 6.79. The molecule has 184 valence electrons. The molecule has 0 amide bonds. The lowest BCUT2D eigenvalue weighted by molar-refractivity contribution is -0.0425. The van der Waals surface area contributed by atoms with Crippen molar-refractivity contribution in [3.63, 3.8) is 0 Å². The quantitative estimate of drug-likeness (QED) is 0.232. The summed E-state index contributed by atoms with van der Waals surface area (Å²) in [5, 5.41) is 23.1. The Morgan fingerprint density at radius 2 is 1.97 bits per heavy atom. The van der Waals surface area contributed by atoms with E-state index >= 15 is 0 Å². The Hall–Kier alpha value is -4.06. The van der Waals surface area contributed by atoms with E-state index in [1.54, 1.807) is 11.5 Å². The molecule has 1 aliphatic carbocycles. The van der Waals surface area contributed by atoms with Crippen molar-refractivity contribution < 1.29 is 19.7 Å². The van der Waals surface area contributed by atoms with E-state index in [1.165, 1.54) is 0 Å². The maximum Gasteiger partial charge on any atom is 0.280 e. The van der Waals surface area contributed by atoms with Gasteiger partial charge in [0, 0.05) is 17.7 Å². The van der Waals surface area contributed by atoms with Crippen LogP contribution in [0.5, 0.6) is 0 Å². The second kappa shape index (κ2) is 8.26. The van der Waals surface area contributed by atoms with Gasteiger partial charge in [0.05, 0.1) is 12.7 Å². The number of carbonyl (C=O) groups is 1. The summed E-state index contributed by atoms with van der Waals surface area (Å²) in [5.74, 6) is 0.248. The molecule has 6 N–H and O–H groups in total. The normalized spacial score (nSPS) is 20.5. The predicted molar refractivity (Wildman–Crippen MR) is 132 cm³/mol. The van der Waals surface area contributed by atoms with Gasteiger partial charge in [-0.25, -0.2) is 4.98 Å². The molecule has 6 rings (SSSR count). The number of aromatic amines is 1. The van der Waals surface area contributed by atoms with E-state index in [2.05, 4.69) is 20.3 Å². The number of Topliss-reactive ketones (excluding diaryl/α,β-unsaturated/α-hetero) is 1. The number of nitrogen functional groups attached to an aromatic ring is 1. The van der Waals surface area contributed by atoms with Crippen LogP contribution in [0.4, 0.5) is 17.6 Å². The number of ether oxygens (including phenoxy) is 1. The molecule has 1 fully saturated rings. The van der Waals surface area contributed by atoms with E-state index < -0.39 is 24.0 Å². The number of fused-ring (bicyclic) bond motifs is 4. The van der Waals surface area contributed by atoms with Crippen LogP contribution in [0.1, 0.15) is 41.1 Å². The molecule has 0 saturated carbocycles. The number of benzene rings is 2. The Labute approximate surface area is 204 Å². The minimum Gasteiger partial charge on any atom is -0.394 e. The summed E-state index contributed by atoms with van der Waals surface area (Å²) in [6, 6.07) is 11.7. The molecule has 1 saturated heterocycles. The van der Waals surface area contributed by atoms with Gasteiger partial charge in [-0.15, -0.1) is 0 Å². The largest absolute Gasteiger partial charge is 0.394 e. The van der Waals surface area contributed by atoms with E-state index in [9.17, 15) is 19.8 Å². The standard InChI is InChI=1S/C25H24N6O5/c1-11(33)12-2-4-16-13(6-12)7-14-8-15(3-5-17(14)16)27-25-28-21-22(29-24(26)30-23(21)35)31(25)20-9-18(34)19(10-32)36-20/h2-6,8,18-20,32,34H,7,9-10H2,1H3,(H,27,28)(H3,26,29,30,35)/t18-,19+,20+/m0/s1. The van der Waals surface area contributed by atoms with Gasteiger partial charge in [0.15, 0.2) is 16.9 Å². The van der Waals surface area contributed by atoms with Crippen molar-refractivity contribution in [2.75, 3.05) is 17.7 Å². The summed E-state index contributed by atoms with van der Waals surface area (Å²) in [5.41, 5.74) is 11.4. The third-order valence-corrected chi connectivity index (χ3v) is 6.79. The molecule has 2 aromatic heterocycles. The molecule has 3 heterocycles. The molecule has 11 heteroatoms. The van der Waals surface area contributed by atoms with Crippen LogP contribution in [0.25, 0.3) is 22.3 Å². The van der Waals surface area contributed by atoms with Gasteiger partial charge in [-0.2, -0.15) is 4.98 Å². The average molecular weight is 489 g/mol. The first kappa shape index (κ1) is 22.4. The zero-order valence-corrected chi connectivity index (χ0v) is 19.4. The Morgan fingerprint density at radius 1 is 1.22 bits per heavy atom. The molecule has 3 atom stereocenters. The maximum atomic E-state index is 12.5. The Morgan fingerprint density at radius 3 is 2.69 bits per heavy atom. The van der Waals surface area contributed by atoms with Gasteiger partial charge < -0.3 is 26.0 Å². The highest BCUT2D eigenvalue weighted by molar-refractivity contribution is 5.95. The van der Waals surface area contributed by atoms with E-state index in [0.29, 0.717) is 17.9 Å². The number of aliphatic hydroxyl groups excluding tert-OH is 2. The summed E-state index contributed by atoms with van der Waals surface area (Å²) in [4.78, 5) is 35.5. The molecule has 11 nitrogen and oxygen atoms in total. The van der Waals surface area contributed by atoms with Gasteiger partial charge in [-0.3, -0.25) is 19.1 Å². The van der Waals surface area contributed by atoms with Gasteiger partial charge in [0.25, 0.3) is 5.56 Å². The van der Waals surface area contributed by atoms with Crippen LogP contribution >= 0.6 is 0 Å². The highest BCUT2D eigenvalue weighted by atomic mass is 16.5. The van der Waals surface area contributed by atoms with Crippen LogP contribution in [0.15, 0.2) is 41.2 Å². The monoisotopic (exact) mass is 488 g/mol. The number of H-pyrrole nitrogens is 1. The number of anilines is 3. The van der Waals surface area contributed by atoms with Crippen molar-refractivity contribution >= 4 is 34.5 Å². The fraction of sp³-hybridized carbons (Fsp3) is 0.280. The van der Waals surface area contributed by atoms with E-state index in [0.717, 1.165) is 27.9 Å². The van der Waals surface area contributed by atoms with Crippen molar-refractivity contribution in [3.05, 3.63) is 63.4 Å². The van der Waals surface area contributed by atoms with Crippen LogP contribution in [-0.2, 0) is 11.2 Å². The molecule has 1 aliphatic heterocycles. The van der Waals surface area contributed by atoms with E-state index in [-0.39, 0.29) is 35.9 Å². The molecule has 4 aromatic rings. The molecule has 0 unspecified atom stereocenters. The van der Waals surface area contributed by atoms with Crippen molar-refractivity contribution in [2.45, 2.75) is 38.2 Å². The number of rotatable bonds is 5. The first-order valence-corrected chi connectivity index (χ1v) is 11.6. The number of imidazole rings is 1. The van der Waals surface area contributed by atoms with Crippen molar-refractivity contribution in [1.82, 2.24) is 19.5 Å². The number of carbonyl (C=O) groups excluding carboxylic acids is 1. The van der Waals surface area contributed by atoms with Gasteiger partial charge in [-0.05, 0) is 53.8 Å². The fourth-order valence-corrected chi connectivity index (χ4v) is 5.04. The first-order valence-electron chi connectivity index (χ1n) is 11.6. The number of nitrogens with zero attached hydrogens (tertiary/aromatic N) is 3. The van der Waals surface area contributed by atoms with Gasteiger partial charge >= 0.3 is 0 Å². The molecule has 2 aliphatic rings. The first-order chi connectivity index (χ1) is 17.3. The average Bonchev–Trinajstić information content (AvgIpc) is 3.50. The van der Waals surface area contributed by atoms with Crippen LogP contribution in [0.2, 0.25) is 0 Å².